The quantitative estimate of drug-likeness (QED) is 0.872. The highest BCUT2D eigenvalue weighted by Gasteiger charge is 2.27. The van der Waals surface area contributed by atoms with Crippen LogP contribution in [0.2, 0.25) is 0 Å². The van der Waals surface area contributed by atoms with E-state index in [0.29, 0.717) is 6.54 Å². The fraction of sp³-hybridized carbons (Fsp3) is 0.500. The predicted octanol–water partition coefficient (Wildman–Crippen LogP) is 1.08. The van der Waals surface area contributed by atoms with Gasteiger partial charge in [-0.1, -0.05) is 22.0 Å². The largest absolute Gasteiger partial charge is 0.364 e. The Morgan fingerprint density at radius 2 is 2.11 bits per heavy atom. The molecule has 2 N–H and O–H groups in total. The summed E-state index contributed by atoms with van der Waals surface area (Å²) in [5.41, 5.74) is 0.827. The summed E-state index contributed by atoms with van der Waals surface area (Å²) in [6.07, 6.45) is 0.440. The molecule has 1 fully saturated rings. The first-order valence-corrected chi connectivity index (χ1v) is 7.36. The summed E-state index contributed by atoms with van der Waals surface area (Å²) in [7, 11) is 0. The molecule has 0 radical (unpaired) electrons. The Morgan fingerprint density at radius 3 is 2.74 bits per heavy atom. The van der Waals surface area contributed by atoms with E-state index in [4.69, 9.17) is 4.74 Å². The van der Waals surface area contributed by atoms with Crippen molar-refractivity contribution in [1.82, 2.24) is 0 Å². The molecular formula is C14H20BrN2O2+. The molecule has 0 bridgehead atoms. The van der Waals surface area contributed by atoms with E-state index in [1.165, 1.54) is 4.90 Å². The fourth-order valence-corrected chi connectivity index (χ4v) is 2.93. The third-order valence-corrected chi connectivity index (χ3v) is 3.63. The second-order valence-electron chi connectivity index (χ2n) is 5.15. The molecule has 1 saturated heterocycles. The van der Waals surface area contributed by atoms with E-state index in [0.717, 1.165) is 23.2 Å². The lowest BCUT2D eigenvalue weighted by Crippen LogP contribution is -3.16. The van der Waals surface area contributed by atoms with Gasteiger partial charge in [-0.05, 0) is 32.0 Å². The van der Waals surface area contributed by atoms with Crippen LogP contribution in [0.25, 0.3) is 0 Å². The molecule has 2 rings (SSSR count). The van der Waals surface area contributed by atoms with Crippen LogP contribution in [0.3, 0.4) is 0 Å². The maximum absolute atomic E-state index is 12.0. The first-order valence-electron chi connectivity index (χ1n) is 6.57. The second-order valence-corrected chi connectivity index (χ2v) is 6.07. The average Bonchev–Trinajstić information content (AvgIpc) is 2.26. The molecule has 1 aliphatic rings. The van der Waals surface area contributed by atoms with Crippen LogP contribution in [-0.4, -0.2) is 37.7 Å². The van der Waals surface area contributed by atoms with Crippen LogP contribution in [0, 0.1) is 0 Å². The number of anilines is 1. The summed E-state index contributed by atoms with van der Waals surface area (Å²) in [4.78, 5) is 13.3. The Morgan fingerprint density at radius 1 is 1.42 bits per heavy atom. The molecule has 0 aromatic heterocycles. The smallest absolute Gasteiger partial charge is 0.279 e. The minimum Gasteiger partial charge on any atom is -0.364 e. The second kappa shape index (κ2) is 6.50. The number of carbonyl (C=O) groups excluding carboxylic acids is 1. The molecule has 1 heterocycles. The zero-order valence-electron chi connectivity index (χ0n) is 11.3. The number of ether oxygens (including phenoxy) is 1. The maximum Gasteiger partial charge on any atom is 0.279 e. The Labute approximate surface area is 122 Å². The summed E-state index contributed by atoms with van der Waals surface area (Å²) in [6.45, 7) is 6.38. The highest BCUT2D eigenvalue weighted by Crippen LogP contribution is 2.15. The van der Waals surface area contributed by atoms with Gasteiger partial charge in [-0.15, -0.1) is 0 Å². The molecular weight excluding hydrogens is 308 g/mol. The molecule has 1 aliphatic heterocycles. The lowest BCUT2D eigenvalue weighted by molar-refractivity contribution is -0.907. The van der Waals surface area contributed by atoms with Crippen LogP contribution in [0.15, 0.2) is 28.7 Å². The zero-order chi connectivity index (χ0) is 13.8. The van der Waals surface area contributed by atoms with Gasteiger partial charge < -0.3 is 15.0 Å². The highest BCUT2D eigenvalue weighted by molar-refractivity contribution is 9.10. The van der Waals surface area contributed by atoms with E-state index in [1.807, 2.05) is 24.3 Å². The lowest BCUT2D eigenvalue weighted by atomic mass is 10.2. The minimum atomic E-state index is 0.0504. The first-order chi connectivity index (χ1) is 9.02. The molecule has 0 saturated carbocycles. The molecule has 4 nitrogen and oxygen atoms in total. The van der Waals surface area contributed by atoms with Crippen molar-refractivity contribution in [3.63, 3.8) is 0 Å². The van der Waals surface area contributed by atoms with Gasteiger partial charge in [-0.25, -0.2) is 0 Å². The van der Waals surface area contributed by atoms with Crippen molar-refractivity contribution >= 4 is 27.5 Å². The van der Waals surface area contributed by atoms with Gasteiger partial charge in [0.25, 0.3) is 5.91 Å². The van der Waals surface area contributed by atoms with Gasteiger partial charge in [-0.3, -0.25) is 4.79 Å². The summed E-state index contributed by atoms with van der Waals surface area (Å²) >= 11 is 3.39. The molecule has 0 spiro atoms. The van der Waals surface area contributed by atoms with Crippen molar-refractivity contribution in [1.29, 1.82) is 0 Å². The summed E-state index contributed by atoms with van der Waals surface area (Å²) < 4.78 is 6.64. The predicted molar refractivity (Wildman–Crippen MR) is 78.3 cm³/mol. The number of rotatable bonds is 3. The molecule has 5 heteroatoms. The average molecular weight is 328 g/mol. The standard InChI is InChI=1S/C14H19BrN2O2/c1-10-7-17(8-11(2)19-10)9-14(18)16-13-5-3-4-12(15)6-13/h3-6,10-11H,7-9H2,1-2H3,(H,16,18)/p+1/t10-,11-/m0/s1. The van der Waals surface area contributed by atoms with Gasteiger partial charge in [0.1, 0.15) is 25.3 Å². The summed E-state index contributed by atoms with van der Waals surface area (Å²) in [5, 5.41) is 2.93. The minimum absolute atomic E-state index is 0.0504. The van der Waals surface area contributed by atoms with E-state index >= 15 is 0 Å². The van der Waals surface area contributed by atoms with Crippen molar-refractivity contribution in [3.8, 4) is 0 Å². The topological polar surface area (TPSA) is 42.8 Å². The molecule has 0 unspecified atom stereocenters. The Hall–Kier alpha value is -0.910. The summed E-state index contributed by atoms with van der Waals surface area (Å²) in [6, 6.07) is 7.64. The number of hydrogen-bond donors (Lipinski definition) is 2. The van der Waals surface area contributed by atoms with Crippen molar-refractivity contribution in [2.75, 3.05) is 25.0 Å². The van der Waals surface area contributed by atoms with Gasteiger partial charge in [0.15, 0.2) is 6.54 Å². The van der Waals surface area contributed by atoms with Gasteiger partial charge >= 0.3 is 0 Å². The number of quaternary nitrogens is 1. The van der Waals surface area contributed by atoms with Crippen molar-refractivity contribution in [3.05, 3.63) is 28.7 Å². The first kappa shape index (κ1) is 14.5. The van der Waals surface area contributed by atoms with Crippen LogP contribution in [0.4, 0.5) is 5.69 Å². The SMILES string of the molecule is C[C@H]1C[NH+](CC(=O)Nc2cccc(Br)c2)C[C@H](C)O1. The van der Waals surface area contributed by atoms with Gasteiger partial charge in [0.05, 0.1) is 0 Å². The van der Waals surface area contributed by atoms with Crippen molar-refractivity contribution in [2.45, 2.75) is 26.1 Å². The number of morpholine rings is 1. The normalized spacial score (nSPS) is 27.0. The fourth-order valence-electron chi connectivity index (χ4n) is 2.53. The van der Waals surface area contributed by atoms with Crippen LogP contribution in [0.1, 0.15) is 13.8 Å². The molecule has 1 aromatic rings. The van der Waals surface area contributed by atoms with E-state index < -0.39 is 0 Å². The third-order valence-electron chi connectivity index (χ3n) is 3.14. The van der Waals surface area contributed by atoms with Gasteiger partial charge in [0, 0.05) is 10.2 Å². The van der Waals surface area contributed by atoms with Gasteiger partial charge in [-0.2, -0.15) is 0 Å². The number of halogens is 1. The van der Waals surface area contributed by atoms with E-state index in [-0.39, 0.29) is 18.1 Å². The summed E-state index contributed by atoms with van der Waals surface area (Å²) in [5.74, 6) is 0.0504. The number of carbonyl (C=O) groups is 1. The number of nitrogens with one attached hydrogen (secondary N) is 2. The number of hydrogen-bond acceptors (Lipinski definition) is 2. The van der Waals surface area contributed by atoms with Crippen LogP contribution in [-0.2, 0) is 9.53 Å². The van der Waals surface area contributed by atoms with E-state index in [9.17, 15) is 4.79 Å². The molecule has 1 aromatic carbocycles. The van der Waals surface area contributed by atoms with Crippen LogP contribution < -0.4 is 10.2 Å². The van der Waals surface area contributed by atoms with Crippen LogP contribution in [0.5, 0.6) is 0 Å². The van der Waals surface area contributed by atoms with Crippen molar-refractivity contribution in [2.24, 2.45) is 0 Å². The van der Waals surface area contributed by atoms with Crippen LogP contribution >= 0.6 is 15.9 Å². The maximum atomic E-state index is 12.0. The number of amides is 1. The zero-order valence-corrected chi connectivity index (χ0v) is 12.9. The molecule has 0 aliphatic carbocycles. The molecule has 19 heavy (non-hydrogen) atoms. The third kappa shape index (κ3) is 4.60. The van der Waals surface area contributed by atoms with E-state index in [2.05, 4.69) is 35.1 Å². The Balaban J connectivity index is 1.87. The van der Waals surface area contributed by atoms with Crippen molar-refractivity contribution < 1.29 is 14.4 Å². The Bertz CT molecular complexity index is 443. The highest BCUT2D eigenvalue weighted by atomic mass is 79.9. The number of benzene rings is 1. The Kier molecular flexibility index (Phi) is 4.96. The lowest BCUT2D eigenvalue weighted by Gasteiger charge is -2.31. The van der Waals surface area contributed by atoms with Gasteiger partial charge in [0.2, 0.25) is 0 Å². The molecule has 104 valence electrons. The molecule has 1 amide bonds. The van der Waals surface area contributed by atoms with E-state index in [1.54, 1.807) is 0 Å². The monoisotopic (exact) mass is 327 g/mol. The molecule has 2 atom stereocenters.